The summed E-state index contributed by atoms with van der Waals surface area (Å²) in [7, 11) is 0. The van der Waals surface area contributed by atoms with E-state index in [0.717, 1.165) is 28.2 Å². The quantitative estimate of drug-likeness (QED) is 0.428. The Morgan fingerprint density at radius 1 is 0.879 bits per heavy atom. The van der Waals surface area contributed by atoms with Crippen LogP contribution in [0.5, 0.6) is 11.5 Å². The smallest absolute Gasteiger partial charge is 0.231 e. The third-order valence-corrected chi connectivity index (χ3v) is 7.03. The Morgan fingerprint density at radius 2 is 1.61 bits per heavy atom. The van der Waals surface area contributed by atoms with Crippen molar-refractivity contribution >= 4 is 40.4 Å². The monoisotopic (exact) mass is 478 g/mol. The number of hydrogen-bond acceptors (Lipinski definition) is 5. The number of anilines is 2. The number of allylic oxidation sites excluding steroid dienone is 1. The van der Waals surface area contributed by atoms with Crippen LogP contribution in [0.15, 0.2) is 71.9 Å². The Balaban J connectivity index is 1.47. The van der Waals surface area contributed by atoms with Gasteiger partial charge in [-0.15, -0.1) is 0 Å². The van der Waals surface area contributed by atoms with Gasteiger partial charge >= 0.3 is 0 Å². The van der Waals surface area contributed by atoms with Gasteiger partial charge in [-0.05, 0) is 48.2 Å². The first kappa shape index (κ1) is 20.5. The summed E-state index contributed by atoms with van der Waals surface area (Å²) >= 11 is 12.8. The van der Waals surface area contributed by atoms with Gasteiger partial charge in [0.1, 0.15) is 0 Å². The molecule has 3 aliphatic rings. The number of fused-ring (bicyclic) bond motifs is 2. The van der Waals surface area contributed by atoms with Crippen molar-refractivity contribution in [2.75, 3.05) is 17.4 Å². The molecule has 166 valence electrons. The molecule has 2 heterocycles. The molecular formula is C26H20Cl2N2O3. The SMILES string of the molecule is O=C1C[C@H](c2ccc(Cl)cc2)CC2=C1[C@@H](c1cc3c(cc1Cl)OCO3)Nc1ccccc1N2. The van der Waals surface area contributed by atoms with E-state index >= 15 is 0 Å². The first-order chi connectivity index (χ1) is 16.1. The van der Waals surface area contributed by atoms with Crippen LogP contribution in [0.1, 0.15) is 35.9 Å². The summed E-state index contributed by atoms with van der Waals surface area (Å²) in [5, 5.41) is 8.31. The second-order valence-corrected chi connectivity index (χ2v) is 9.29. The van der Waals surface area contributed by atoms with Crippen molar-refractivity contribution in [2.24, 2.45) is 0 Å². The maximum atomic E-state index is 13.6. The molecule has 0 aromatic heterocycles. The lowest BCUT2D eigenvalue weighted by Crippen LogP contribution is -2.27. The van der Waals surface area contributed by atoms with E-state index in [1.165, 1.54) is 0 Å². The fraction of sp³-hybridized carbons (Fsp3) is 0.192. The molecule has 2 atom stereocenters. The number of ketones is 1. The number of carbonyl (C=O) groups is 1. The predicted molar refractivity (Wildman–Crippen MR) is 129 cm³/mol. The number of rotatable bonds is 2. The van der Waals surface area contributed by atoms with Gasteiger partial charge in [0.15, 0.2) is 17.3 Å². The Bertz CT molecular complexity index is 1300. The third kappa shape index (κ3) is 3.62. The Hall–Kier alpha value is -3.15. The molecule has 0 unspecified atom stereocenters. The normalized spacial score (nSPS) is 21.0. The van der Waals surface area contributed by atoms with Gasteiger partial charge in [0.2, 0.25) is 6.79 Å². The summed E-state index contributed by atoms with van der Waals surface area (Å²) in [6.45, 7) is 0.160. The van der Waals surface area contributed by atoms with Crippen LogP contribution < -0.4 is 20.1 Å². The molecule has 0 saturated heterocycles. The maximum Gasteiger partial charge on any atom is 0.231 e. The van der Waals surface area contributed by atoms with Gasteiger partial charge < -0.3 is 20.1 Å². The molecule has 2 aliphatic heterocycles. The minimum atomic E-state index is -0.420. The molecule has 0 bridgehead atoms. The molecule has 33 heavy (non-hydrogen) atoms. The fourth-order valence-corrected chi connectivity index (χ4v) is 5.24. The van der Waals surface area contributed by atoms with Crippen molar-refractivity contribution in [1.29, 1.82) is 0 Å². The highest BCUT2D eigenvalue weighted by molar-refractivity contribution is 6.32. The second-order valence-electron chi connectivity index (χ2n) is 8.45. The van der Waals surface area contributed by atoms with Crippen LogP contribution in [0.4, 0.5) is 11.4 Å². The molecule has 6 rings (SSSR count). The lowest BCUT2D eigenvalue weighted by atomic mass is 9.78. The zero-order valence-corrected chi connectivity index (χ0v) is 19.0. The Kier molecular flexibility index (Phi) is 4.97. The van der Waals surface area contributed by atoms with Crippen LogP contribution >= 0.6 is 23.2 Å². The second kappa shape index (κ2) is 8.01. The molecule has 7 heteroatoms. The van der Waals surface area contributed by atoms with Gasteiger partial charge in [-0.25, -0.2) is 0 Å². The van der Waals surface area contributed by atoms with Gasteiger partial charge in [0, 0.05) is 34.3 Å². The van der Waals surface area contributed by atoms with Crippen molar-refractivity contribution in [1.82, 2.24) is 0 Å². The average Bonchev–Trinajstić information content (AvgIpc) is 3.18. The van der Waals surface area contributed by atoms with Gasteiger partial charge in [-0.1, -0.05) is 47.5 Å². The molecule has 0 radical (unpaired) electrons. The summed E-state index contributed by atoms with van der Waals surface area (Å²) in [4.78, 5) is 13.6. The molecule has 0 saturated carbocycles. The summed E-state index contributed by atoms with van der Waals surface area (Å²) in [6.07, 6.45) is 1.12. The highest BCUT2D eigenvalue weighted by Gasteiger charge is 2.37. The van der Waals surface area contributed by atoms with Crippen LogP contribution in [0.3, 0.4) is 0 Å². The largest absolute Gasteiger partial charge is 0.454 e. The zero-order valence-electron chi connectivity index (χ0n) is 17.5. The summed E-state index contributed by atoms with van der Waals surface area (Å²) in [5.41, 5.74) is 5.32. The molecule has 5 nitrogen and oxygen atoms in total. The Morgan fingerprint density at radius 3 is 2.39 bits per heavy atom. The molecular weight excluding hydrogens is 459 g/mol. The highest BCUT2D eigenvalue weighted by atomic mass is 35.5. The first-order valence-electron chi connectivity index (χ1n) is 10.8. The van der Waals surface area contributed by atoms with E-state index < -0.39 is 6.04 Å². The molecule has 3 aromatic rings. The molecule has 1 aliphatic carbocycles. The third-order valence-electron chi connectivity index (χ3n) is 6.45. The number of nitrogens with one attached hydrogen (secondary N) is 2. The topological polar surface area (TPSA) is 59.6 Å². The fourth-order valence-electron chi connectivity index (χ4n) is 4.85. The zero-order chi connectivity index (χ0) is 22.5. The number of halogens is 2. The van der Waals surface area contributed by atoms with Crippen molar-refractivity contribution in [3.05, 3.63) is 93.1 Å². The average molecular weight is 479 g/mol. The van der Waals surface area contributed by atoms with E-state index in [-0.39, 0.29) is 18.5 Å². The number of Topliss-reactive ketones (excluding diaryl/α,β-unsaturated/α-hetero) is 1. The summed E-state index contributed by atoms with van der Waals surface area (Å²) in [6, 6.07) is 18.9. The van der Waals surface area contributed by atoms with Crippen molar-refractivity contribution in [3.8, 4) is 11.5 Å². The number of ether oxygens (including phenoxy) is 2. The molecule has 0 amide bonds. The van der Waals surface area contributed by atoms with E-state index in [1.807, 2.05) is 54.6 Å². The maximum absolute atomic E-state index is 13.6. The minimum Gasteiger partial charge on any atom is -0.454 e. The van der Waals surface area contributed by atoms with Crippen LogP contribution in [-0.2, 0) is 4.79 Å². The number of benzene rings is 3. The molecule has 3 aromatic carbocycles. The number of carbonyl (C=O) groups excluding carboxylic acids is 1. The predicted octanol–water partition coefficient (Wildman–Crippen LogP) is 6.70. The van der Waals surface area contributed by atoms with Crippen LogP contribution in [0.2, 0.25) is 10.0 Å². The van der Waals surface area contributed by atoms with Crippen LogP contribution in [0, 0.1) is 0 Å². The molecule has 0 spiro atoms. The summed E-state index contributed by atoms with van der Waals surface area (Å²) in [5.74, 6) is 1.40. The van der Waals surface area contributed by atoms with Gasteiger partial charge in [-0.3, -0.25) is 4.79 Å². The van der Waals surface area contributed by atoms with Gasteiger partial charge in [0.05, 0.1) is 22.4 Å². The van der Waals surface area contributed by atoms with E-state index in [1.54, 1.807) is 6.07 Å². The molecule has 0 fully saturated rings. The number of para-hydroxylation sites is 2. The van der Waals surface area contributed by atoms with Gasteiger partial charge in [0.25, 0.3) is 0 Å². The van der Waals surface area contributed by atoms with Crippen molar-refractivity contribution in [2.45, 2.75) is 24.8 Å². The standard InChI is InChI=1S/C26H20Cl2N2O3/c27-16-7-5-14(6-8-16)15-9-21-25(22(31)10-15)26(30-20-4-2-1-3-19(20)29-21)17-11-23-24(12-18(17)28)33-13-32-23/h1-8,11-12,15,26,29-30H,9-10,13H2/t15-,26-/m1/s1. The van der Waals surface area contributed by atoms with E-state index in [0.29, 0.717) is 40.0 Å². The minimum absolute atomic E-state index is 0.0687. The number of hydrogen-bond donors (Lipinski definition) is 2. The van der Waals surface area contributed by atoms with Crippen molar-refractivity contribution in [3.63, 3.8) is 0 Å². The lowest BCUT2D eigenvalue weighted by molar-refractivity contribution is -0.116. The van der Waals surface area contributed by atoms with Crippen LogP contribution in [0.25, 0.3) is 0 Å². The molecule has 2 N–H and O–H groups in total. The lowest BCUT2D eigenvalue weighted by Gasteiger charge is -2.30. The van der Waals surface area contributed by atoms with E-state index in [9.17, 15) is 4.79 Å². The van der Waals surface area contributed by atoms with Crippen LogP contribution in [-0.4, -0.2) is 12.6 Å². The summed E-state index contributed by atoms with van der Waals surface area (Å²) < 4.78 is 11.1. The van der Waals surface area contributed by atoms with E-state index in [4.69, 9.17) is 32.7 Å². The van der Waals surface area contributed by atoms with Crippen molar-refractivity contribution < 1.29 is 14.3 Å². The first-order valence-corrected chi connectivity index (χ1v) is 11.6. The van der Waals surface area contributed by atoms with E-state index in [2.05, 4.69) is 10.6 Å². The Labute approximate surface area is 201 Å². The highest BCUT2D eigenvalue weighted by Crippen LogP contribution is 2.47. The van der Waals surface area contributed by atoms with Gasteiger partial charge in [-0.2, -0.15) is 0 Å².